The summed E-state index contributed by atoms with van der Waals surface area (Å²) in [6.45, 7) is 0. The van der Waals surface area contributed by atoms with Crippen molar-refractivity contribution >= 4 is 81.5 Å². The van der Waals surface area contributed by atoms with Crippen molar-refractivity contribution in [2.45, 2.75) is 0 Å². The maximum absolute atomic E-state index is 3.17. The summed E-state index contributed by atoms with van der Waals surface area (Å²) < 4.78 is 0. The predicted molar refractivity (Wildman–Crippen MR) is 270 cm³/mol. The van der Waals surface area contributed by atoms with Crippen molar-refractivity contribution in [2.75, 3.05) is 0 Å². The maximum atomic E-state index is 2.50. The predicted octanol–water partition coefficient (Wildman–Crippen LogP) is 10.1. The van der Waals surface area contributed by atoms with Gasteiger partial charge in [0.1, 0.15) is 0 Å². The average Bonchev–Trinajstić information content (AvgIpc) is 3.33. The Hall–Kier alpha value is -4.63. The van der Waals surface area contributed by atoms with Crippen LogP contribution in [0, 0.1) is 0 Å². The molecule has 59 heavy (non-hydrogen) atoms. The van der Waals surface area contributed by atoms with E-state index < -0.39 is 31.3 Å². The zero-order valence-electron chi connectivity index (χ0n) is 32.7. The van der Waals surface area contributed by atoms with Gasteiger partial charge < -0.3 is 0 Å². The first-order chi connectivity index (χ1) is 28.8. The molecule has 0 bridgehead atoms. The van der Waals surface area contributed by atoms with Crippen LogP contribution in [0.15, 0.2) is 273 Å². The molecule has 9 aromatic carbocycles. The molecule has 296 valence electrons. The first-order valence-corrected chi connectivity index (χ1v) is 32.8. The van der Waals surface area contributed by atoms with Crippen molar-refractivity contribution in [1.82, 2.24) is 0 Å². The minimum absolute atomic E-state index is 0. The Kier molecular flexibility index (Phi) is 13.1. The molecule has 0 N–H and O–H groups in total. The Balaban J connectivity index is 0.00000484. The molecule has 0 heterocycles. The van der Waals surface area contributed by atoms with Gasteiger partial charge in [-0.2, -0.15) is 0 Å². The van der Waals surface area contributed by atoms with Crippen molar-refractivity contribution in [3.63, 3.8) is 0 Å². The standard InChI is InChI=1S/3C18H15P.BrH.Rh/c3*1-4-10-16(11-5-1)19(17-12-6-2-7-13-17)18-14-8-3-9-15-18;;/h3*1-15H;1H;/q;;;;-3/p+3. The number of benzene rings is 9. The van der Waals surface area contributed by atoms with Crippen molar-refractivity contribution in [3.8, 4) is 0 Å². The average molecular weight is 974 g/mol. The van der Waals surface area contributed by atoms with Gasteiger partial charge in [-0.25, -0.2) is 0 Å². The van der Waals surface area contributed by atoms with E-state index in [0.717, 1.165) is 0 Å². The first-order valence-electron chi connectivity index (χ1n) is 19.9. The molecule has 0 spiro atoms. The van der Waals surface area contributed by atoms with Crippen LogP contribution in [0.4, 0.5) is 0 Å². The van der Waals surface area contributed by atoms with Crippen LogP contribution < -0.4 is 47.7 Å². The quantitative estimate of drug-likeness (QED) is 0.0846. The van der Waals surface area contributed by atoms with Crippen LogP contribution in [-0.2, 0) is 14.5 Å². The van der Waals surface area contributed by atoms with E-state index in [0.29, 0.717) is 0 Å². The molecule has 9 aromatic rings. The van der Waals surface area contributed by atoms with Crippen molar-refractivity contribution in [3.05, 3.63) is 273 Å². The zero-order valence-corrected chi connectivity index (χ0v) is 39.1. The number of hydrogen-bond donors (Lipinski definition) is 0. The molecule has 5 heteroatoms. The second kappa shape index (κ2) is 18.7. The summed E-state index contributed by atoms with van der Waals surface area (Å²) >= 11 is -2.44. The van der Waals surface area contributed by atoms with E-state index in [1.54, 1.807) is 0 Å². The Morgan fingerprint density at radius 2 is 0.271 bits per heavy atom. The summed E-state index contributed by atoms with van der Waals surface area (Å²) in [7, 11) is 0. The van der Waals surface area contributed by atoms with Crippen LogP contribution in [0.3, 0.4) is 0 Å². The molecule has 0 fully saturated rings. The van der Waals surface area contributed by atoms with Crippen LogP contribution in [0.1, 0.15) is 0 Å². The molecule has 0 atom stereocenters. The molecule has 9 rings (SSSR count). The van der Waals surface area contributed by atoms with Gasteiger partial charge in [0.25, 0.3) is 0 Å². The van der Waals surface area contributed by atoms with Gasteiger partial charge in [0.05, 0.1) is 0 Å². The van der Waals surface area contributed by atoms with Gasteiger partial charge >= 0.3 is 352 Å². The molecule has 0 aliphatic heterocycles. The van der Waals surface area contributed by atoms with E-state index >= 15 is 0 Å². The molecule has 0 aliphatic carbocycles. The monoisotopic (exact) mass is 972 g/mol. The Bertz CT molecular complexity index is 2050. The number of rotatable bonds is 12. The topological polar surface area (TPSA) is 0 Å². The van der Waals surface area contributed by atoms with Gasteiger partial charge in [0, 0.05) is 0 Å². The summed E-state index contributed by atoms with van der Waals surface area (Å²) in [4.78, 5) is 0. The Morgan fingerprint density at radius 1 is 0.169 bits per heavy atom. The fraction of sp³-hybridized carbons (Fsp3) is 0. The van der Waals surface area contributed by atoms with E-state index in [1.807, 2.05) is 0 Å². The molecule has 0 nitrogen and oxygen atoms in total. The van der Waals surface area contributed by atoms with E-state index in [-0.39, 0.29) is 17.0 Å². The Morgan fingerprint density at radius 3 is 0.373 bits per heavy atom. The molecule has 0 amide bonds. The second-order valence-electron chi connectivity index (χ2n) is 14.4. The van der Waals surface area contributed by atoms with Crippen molar-refractivity contribution < 1.29 is 14.5 Å². The number of halogens is 1. The van der Waals surface area contributed by atoms with Crippen molar-refractivity contribution in [2.24, 2.45) is 0 Å². The van der Waals surface area contributed by atoms with Crippen molar-refractivity contribution in [1.29, 1.82) is 0 Å². The molecular weight excluding hydrogens is 924 g/mol. The van der Waals surface area contributed by atoms with Gasteiger partial charge in [-0.3, -0.25) is 0 Å². The minimum atomic E-state index is -3.17. The van der Waals surface area contributed by atoms with Crippen LogP contribution >= 0.6 is 33.8 Å². The summed E-state index contributed by atoms with van der Waals surface area (Å²) in [5.41, 5.74) is -9.50. The van der Waals surface area contributed by atoms with Gasteiger partial charge in [0.15, 0.2) is 0 Å². The third-order valence-corrected chi connectivity index (χ3v) is 73.1. The SMILES string of the molecule is Br.c1ccc([PH](c2ccccc2)(c2ccccc2)[Rh]([PH](c2ccccc2)(c2ccccc2)c2ccccc2)[PH](c2ccccc2)(c2ccccc2)c2ccccc2)cc1. The first kappa shape index (κ1) is 41.1. The summed E-state index contributed by atoms with van der Waals surface area (Å²) in [6.07, 6.45) is 0. The summed E-state index contributed by atoms with van der Waals surface area (Å²) in [5, 5.41) is 13.4. The molecule has 0 saturated heterocycles. The van der Waals surface area contributed by atoms with Crippen LogP contribution in [0.2, 0.25) is 0 Å². The molecular formula is C54H49BrP3Rh. The normalized spacial score (nSPS) is 12.7. The van der Waals surface area contributed by atoms with E-state index in [4.69, 9.17) is 0 Å². The summed E-state index contributed by atoms with van der Waals surface area (Å²) in [6, 6.07) is 106. The van der Waals surface area contributed by atoms with Gasteiger partial charge in [-0.05, 0) is 0 Å². The second-order valence-corrected chi connectivity index (χ2v) is 47.5. The molecule has 0 saturated carbocycles. The molecule has 0 aromatic heterocycles. The Labute approximate surface area is 366 Å². The fourth-order valence-corrected chi connectivity index (χ4v) is 99.6. The van der Waals surface area contributed by atoms with E-state index in [1.165, 1.54) is 47.7 Å². The van der Waals surface area contributed by atoms with E-state index in [2.05, 4.69) is 273 Å². The fourth-order valence-electron chi connectivity index (χ4n) is 8.87. The molecule has 0 aliphatic rings. The van der Waals surface area contributed by atoms with Crippen LogP contribution in [0.25, 0.3) is 0 Å². The van der Waals surface area contributed by atoms with E-state index in [9.17, 15) is 0 Å². The van der Waals surface area contributed by atoms with Crippen LogP contribution in [0.5, 0.6) is 0 Å². The van der Waals surface area contributed by atoms with Gasteiger partial charge in [-0.15, -0.1) is 17.0 Å². The summed E-state index contributed by atoms with van der Waals surface area (Å²) in [5.74, 6) is 0. The third-order valence-electron chi connectivity index (χ3n) is 11.2. The number of hydrogen-bond acceptors (Lipinski definition) is 0. The third kappa shape index (κ3) is 7.25. The zero-order chi connectivity index (χ0) is 39.1. The van der Waals surface area contributed by atoms with Gasteiger partial charge in [-0.1, -0.05) is 0 Å². The van der Waals surface area contributed by atoms with Crippen LogP contribution in [-0.4, -0.2) is 0 Å². The molecule has 0 unspecified atom stereocenters. The molecule has 0 radical (unpaired) electrons. The van der Waals surface area contributed by atoms with Gasteiger partial charge in [0.2, 0.25) is 0 Å².